The number of rotatable bonds is 5. The highest BCUT2D eigenvalue weighted by Crippen LogP contribution is 2.15. The molecule has 0 unspecified atom stereocenters. The van der Waals surface area contributed by atoms with E-state index in [0.29, 0.717) is 0 Å². The van der Waals surface area contributed by atoms with Crippen LogP contribution in [0.2, 0.25) is 0 Å². The van der Waals surface area contributed by atoms with Crippen LogP contribution >= 0.6 is 15.9 Å². The molecular formula is C15H16BrNO. The summed E-state index contributed by atoms with van der Waals surface area (Å²) in [6.45, 7) is 0.925. The number of hydrogen-bond donors (Lipinski definition) is 1. The number of hydrogen-bond acceptors (Lipinski definition) is 2. The van der Waals surface area contributed by atoms with Gasteiger partial charge >= 0.3 is 0 Å². The Kier molecular flexibility index (Phi) is 4.65. The highest BCUT2D eigenvalue weighted by Gasteiger charge is 1.95. The van der Waals surface area contributed by atoms with Crippen molar-refractivity contribution in [3.05, 3.63) is 58.6 Å². The molecule has 0 heterocycles. The van der Waals surface area contributed by atoms with Gasteiger partial charge in [0.05, 0.1) is 7.11 Å². The van der Waals surface area contributed by atoms with Crippen molar-refractivity contribution in [2.24, 2.45) is 0 Å². The average Bonchev–Trinajstić information content (AvgIpc) is 2.42. The first-order valence-electron chi connectivity index (χ1n) is 5.90. The largest absolute Gasteiger partial charge is 0.497 e. The Labute approximate surface area is 116 Å². The van der Waals surface area contributed by atoms with Crippen LogP contribution in [0.25, 0.3) is 0 Å². The van der Waals surface area contributed by atoms with E-state index in [9.17, 15) is 0 Å². The van der Waals surface area contributed by atoms with Gasteiger partial charge in [0.1, 0.15) is 5.75 Å². The molecule has 0 aliphatic carbocycles. The van der Waals surface area contributed by atoms with Crippen LogP contribution in [0.15, 0.2) is 53.0 Å². The Bertz CT molecular complexity index is 479. The van der Waals surface area contributed by atoms with Crippen LogP contribution < -0.4 is 10.1 Å². The zero-order valence-corrected chi connectivity index (χ0v) is 11.9. The van der Waals surface area contributed by atoms with Crippen LogP contribution in [-0.2, 0) is 6.42 Å². The fraction of sp³-hybridized carbons (Fsp3) is 0.200. The van der Waals surface area contributed by atoms with E-state index in [1.54, 1.807) is 7.11 Å². The Morgan fingerprint density at radius 3 is 2.28 bits per heavy atom. The van der Waals surface area contributed by atoms with Gasteiger partial charge in [0.15, 0.2) is 0 Å². The molecule has 2 rings (SSSR count). The van der Waals surface area contributed by atoms with Gasteiger partial charge in [-0.3, -0.25) is 0 Å². The molecule has 0 bridgehead atoms. The predicted octanol–water partition coefficient (Wildman–Crippen LogP) is 4.11. The smallest absolute Gasteiger partial charge is 0.118 e. The Balaban J connectivity index is 1.82. The second-order valence-electron chi connectivity index (χ2n) is 4.03. The molecule has 0 spiro atoms. The maximum absolute atomic E-state index is 5.13. The van der Waals surface area contributed by atoms with Gasteiger partial charge in [-0.2, -0.15) is 0 Å². The first kappa shape index (κ1) is 13.0. The van der Waals surface area contributed by atoms with Crippen LogP contribution in [0, 0.1) is 0 Å². The van der Waals surface area contributed by atoms with E-state index in [0.717, 1.165) is 28.9 Å². The molecule has 0 aliphatic heterocycles. The van der Waals surface area contributed by atoms with Crippen LogP contribution in [0.3, 0.4) is 0 Å². The summed E-state index contributed by atoms with van der Waals surface area (Å²) in [5, 5.41) is 3.40. The van der Waals surface area contributed by atoms with E-state index < -0.39 is 0 Å². The lowest BCUT2D eigenvalue weighted by Gasteiger charge is -2.07. The third-order valence-electron chi connectivity index (χ3n) is 2.75. The minimum Gasteiger partial charge on any atom is -0.497 e. The molecule has 1 N–H and O–H groups in total. The summed E-state index contributed by atoms with van der Waals surface area (Å²) in [7, 11) is 1.68. The van der Waals surface area contributed by atoms with Crippen molar-refractivity contribution in [3.63, 3.8) is 0 Å². The van der Waals surface area contributed by atoms with Crippen LogP contribution in [0.1, 0.15) is 5.56 Å². The van der Waals surface area contributed by atoms with E-state index in [-0.39, 0.29) is 0 Å². The van der Waals surface area contributed by atoms with E-state index in [2.05, 4.69) is 45.5 Å². The molecule has 0 saturated heterocycles. The molecule has 2 aromatic carbocycles. The summed E-state index contributed by atoms with van der Waals surface area (Å²) in [4.78, 5) is 0. The van der Waals surface area contributed by atoms with Crippen molar-refractivity contribution in [1.29, 1.82) is 0 Å². The fourth-order valence-corrected chi connectivity index (χ4v) is 1.98. The predicted molar refractivity (Wildman–Crippen MR) is 79.3 cm³/mol. The topological polar surface area (TPSA) is 21.3 Å². The molecule has 0 radical (unpaired) electrons. The standard InChI is InChI=1S/C15H16BrNO/c1-18-15-8-2-12(3-9-15)10-11-17-14-6-4-13(16)5-7-14/h2-9,17H,10-11H2,1H3. The lowest BCUT2D eigenvalue weighted by atomic mass is 10.1. The van der Waals surface area contributed by atoms with Crippen molar-refractivity contribution < 1.29 is 4.74 Å². The Morgan fingerprint density at radius 1 is 1.00 bits per heavy atom. The summed E-state index contributed by atoms with van der Waals surface area (Å²) in [6.07, 6.45) is 1.00. The molecular weight excluding hydrogens is 290 g/mol. The van der Waals surface area contributed by atoms with E-state index in [1.807, 2.05) is 24.3 Å². The molecule has 18 heavy (non-hydrogen) atoms. The van der Waals surface area contributed by atoms with E-state index in [1.165, 1.54) is 5.56 Å². The lowest BCUT2D eigenvalue weighted by Crippen LogP contribution is -2.04. The van der Waals surface area contributed by atoms with Gasteiger partial charge in [-0.15, -0.1) is 0 Å². The molecule has 3 heteroatoms. The third-order valence-corrected chi connectivity index (χ3v) is 3.27. The van der Waals surface area contributed by atoms with Crippen LogP contribution in [-0.4, -0.2) is 13.7 Å². The minimum atomic E-state index is 0.902. The zero-order chi connectivity index (χ0) is 12.8. The molecule has 0 saturated carbocycles. The molecule has 0 fully saturated rings. The second kappa shape index (κ2) is 6.45. The molecule has 0 aromatic heterocycles. The molecule has 0 atom stereocenters. The lowest BCUT2D eigenvalue weighted by molar-refractivity contribution is 0.414. The normalized spacial score (nSPS) is 10.1. The second-order valence-corrected chi connectivity index (χ2v) is 4.95. The molecule has 0 aliphatic rings. The molecule has 0 amide bonds. The number of anilines is 1. The maximum atomic E-state index is 5.13. The van der Waals surface area contributed by atoms with Gasteiger partial charge in [-0.1, -0.05) is 28.1 Å². The quantitative estimate of drug-likeness (QED) is 0.897. The summed E-state index contributed by atoms with van der Waals surface area (Å²) in [6, 6.07) is 16.4. The maximum Gasteiger partial charge on any atom is 0.118 e. The number of methoxy groups -OCH3 is 1. The van der Waals surface area contributed by atoms with Gasteiger partial charge in [0.2, 0.25) is 0 Å². The summed E-state index contributed by atoms with van der Waals surface area (Å²) in [5.41, 5.74) is 2.45. The third kappa shape index (κ3) is 3.77. The van der Waals surface area contributed by atoms with Crippen molar-refractivity contribution >= 4 is 21.6 Å². The summed E-state index contributed by atoms with van der Waals surface area (Å²) in [5.74, 6) is 0.902. The molecule has 94 valence electrons. The Hall–Kier alpha value is -1.48. The van der Waals surface area contributed by atoms with Gasteiger partial charge in [-0.05, 0) is 48.4 Å². The van der Waals surface area contributed by atoms with Gasteiger partial charge in [-0.25, -0.2) is 0 Å². The molecule has 2 aromatic rings. The highest BCUT2D eigenvalue weighted by atomic mass is 79.9. The van der Waals surface area contributed by atoms with Gasteiger partial charge in [0, 0.05) is 16.7 Å². The van der Waals surface area contributed by atoms with Crippen molar-refractivity contribution in [2.45, 2.75) is 6.42 Å². The van der Waals surface area contributed by atoms with E-state index in [4.69, 9.17) is 4.74 Å². The Morgan fingerprint density at radius 2 is 1.67 bits per heavy atom. The average molecular weight is 306 g/mol. The highest BCUT2D eigenvalue weighted by molar-refractivity contribution is 9.10. The van der Waals surface area contributed by atoms with Crippen molar-refractivity contribution in [1.82, 2.24) is 0 Å². The first-order chi connectivity index (χ1) is 8.78. The number of benzene rings is 2. The van der Waals surface area contributed by atoms with Crippen LogP contribution in [0.5, 0.6) is 5.75 Å². The molecule has 2 nitrogen and oxygen atoms in total. The first-order valence-corrected chi connectivity index (χ1v) is 6.69. The zero-order valence-electron chi connectivity index (χ0n) is 10.3. The number of halogens is 1. The fourth-order valence-electron chi connectivity index (χ4n) is 1.71. The summed E-state index contributed by atoms with van der Waals surface area (Å²) < 4.78 is 6.23. The van der Waals surface area contributed by atoms with E-state index >= 15 is 0 Å². The van der Waals surface area contributed by atoms with Gasteiger partial charge < -0.3 is 10.1 Å². The van der Waals surface area contributed by atoms with Gasteiger partial charge in [0.25, 0.3) is 0 Å². The SMILES string of the molecule is COc1ccc(CCNc2ccc(Br)cc2)cc1. The van der Waals surface area contributed by atoms with Crippen molar-refractivity contribution in [2.75, 3.05) is 19.0 Å². The monoisotopic (exact) mass is 305 g/mol. The minimum absolute atomic E-state index is 0.902. The number of nitrogens with one attached hydrogen (secondary N) is 1. The van der Waals surface area contributed by atoms with Crippen LogP contribution in [0.4, 0.5) is 5.69 Å². The summed E-state index contributed by atoms with van der Waals surface area (Å²) >= 11 is 3.42. The number of ether oxygens (including phenoxy) is 1. The van der Waals surface area contributed by atoms with Crippen molar-refractivity contribution in [3.8, 4) is 5.75 Å².